The summed E-state index contributed by atoms with van der Waals surface area (Å²) in [6, 6.07) is 3.85. The number of aliphatic hydroxyl groups is 1. The largest absolute Gasteiger partial charge is 0.393 e. The fraction of sp³-hybridized carbons (Fsp3) is 0.571. The van der Waals surface area contributed by atoms with E-state index in [0.29, 0.717) is 19.4 Å². The van der Waals surface area contributed by atoms with Crippen LogP contribution in [0, 0.1) is 6.92 Å². The summed E-state index contributed by atoms with van der Waals surface area (Å²) in [4.78, 5) is 18.3. The van der Waals surface area contributed by atoms with E-state index in [1.807, 2.05) is 24.0 Å². The molecule has 1 N–H and O–H groups in total. The topological polar surface area (TPSA) is 53.4 Å². The van der Waals surface area contributed by atoms with Gasteiger partial charge >= 0.3 is 0 Å². The number of likely N-dealkylation sites (tertiary alicyclic amines) is 1. The van der Waals surface area contributed by atoms with Gasteiger partial charge in [0, 0.05) is 19.3 Å². The molecule has 0 saturated carbocycles. The van der Waals surface area contributed by atoms with Gasteiger partial charge in [0.25, 0.3) is 0 Å². The van der Waals surface area contributed by atoms with Crippen molar-refractivity contribution in [3.05, 3.63) is 29.6 Å². The first-order chi connectivity index (χ1) is 8.66. The lowest BCUT2D eigenvalue weighted by molar-refractivity contribution is -0.130. The molecule has 0 unspecified atom stereocenters. The molecule has 2 heterocycles. The van der Waals surface area contributed by atoms with Crippen LogP contribution in [0.5, 0.6) is 0 Å². The fourth-order valence-electron chi connectivity index (χ4n) is 2.29. The molecule has 4 nitrogen and oxygen atoms in total. The Balaban J connectivity index is 1.97. The fourth-order valence-corrected chi connectivity index (χ4v) is 2.29. The lowest BCUT2D eigenvalue weighted by Crippen LogP contribution is -2.33. The van der Waals surface area contributed by atoms with E-state index in [9.17, 15) is 9.90 Å². The first kappa shape index (κ1) is 13.0. The van der Waals surface area contributed by atoms with Crippen LogP contribution >= 0.6 is 0 Å². The van der Waals surface area contributed by atoms with Crippen molar-refractivity contribution >= 4 is 5.91 Å². The van der Waals surface area contributed by atoms with Crippen molar-refractivity contribution in [1.82, 2.24) is 9.88 Å². The average molecular weight is 248 g/mol. The molecule has 0 aromatic carbocycles. The van der Waals surface area contributed by atoms with Crippen molar-refractivity contribution < 1.29 is 9.90 Å². The molecule has 4 heteroatoms. The normalized spacial score (nSPS) is 20.6. The Hall–Kier alpha value is -1.42. The standard InChI is InChI=1S/C14H20N2O2/c1-11-4-2-7-15-13(11)10-14(18)16-8-3-5-12(17)6-9-16/h2,4,7,12,17H,3,5-6,8-10H2,1H3/t12-/m1/s1. The summed E-state index contributed by atoms with van der Waals surface area (Å²) >= 11 is 0. The molecule has 1 aromatic rings. The van der Waals surface area contributed by atoms with Crippen molar-refractivity contribution in [1.29, 1.82) is 0 Å². The Morgan fingerprint density at radius 3 is 3.11 bits per heavy atom. The number of carbonyl (C=O) groups excluding carboxylic acids is 1. The molecule has 1 saturated heterocycles. The van der Waals surface area contributed by atoms with Crippen molar-refractivity contribution in [2.24, 2.45) is 0 Å². The molecule has 0 bridgehead atoms. The van der Waals surface area contributed by atoms with Gasteiger partial charge in [-0.3, -0.25) is 9.78 Å². The maximum absolute atomic E-state index is 12.2. The number of hydrogen-bond acceptors (Lipinski definition) is 3. The molecule has 1 atom stereocenters. The van der Waals surface area contributed by atoms with Crippen molar-refractivity contribution in [2.45, 2.75) is 38.7 Å². The number of amides is 1. The molecular formula is C14H20N2O2. The third-order valence-corrected chi connectivity index (χ3v) is 3.49. The van der Waals surface area contributed by atoms with Crippen LogP contribution in [-0.2, 0) is 11.2 Å². The zero-order chi connectivity index (χ0) is 13.0. The van der Waals surface area contributed by atoms with Gasteiger partial charge in [0.1, 0.15) is 0 Å². The summed E-state index contributed by atoms with van der Waals surface area (Å²) in [5.41, 5.74) is 1.91. The van der Waals surface area contributed by atoms with E-state index < -0.39 is 0 Å². The lowest BCUT2D eigenvalue weighted by Gasteiger charge is -2.20. The van der Waals surface area contributed by atoms with E-state index in [2.05, 4.69) is 4.98 Å². The van der Waals surface area contributed by atoms with Crippen molar-refractivity contribution in [2.75, 3.05) is 13.1 Å². The van der Waals surface area contributed by atoms with E-state index in [1.165, 1.54) is 0 Å². The van der Waals surface area contributed by atoms with E-state index in [-0.39, 0.29) is 12.0 Å². The van der Waals surface area contributed by atoms with Crippen LogP contribution in [0.2, 0.25) is 0 Å². The Labute approximate surface area is 108 Å². The zero-order valence-corrected chi connectivity index (χ0v) is 10.8. The number of aryl methyl sites for hydroxylation is 1. The highest BCUT2D eigenvalue weighted by Gasteiger charge is 2.20. The molecule has 0 aliphatic carbocycles. The summed E-state index contributed by atoms with van der Waals surface area (Å²) < 4.78 is 0. The molecule has 0 radical (unpaired) electrons. The summed E-state index contributed by atoms with van der Waals surface area (Å²) in [6.07, 6.45) is 4.21. The highest BCUT2D eigenvalue weighted by Crippen LogP contribution is 2.13. The first-order valence-corrected chi connectivity index (χ1v) is 6.53. The molecule has 98 valence electrons. The summed E-state index contributed by atoms with van der Waals surface area (Å²) in [5, 5.41) is 9.57. The number of pyridine rings is 1. The van der Waals surface area contributed by atoms with Crippen LogP contribution in [0.4, 0.5) is 0 Å². The highest BCUT2D eigenvalue weighted by molar-refractivity contribution is 5.78. The van der Waals surface area contributed by atoms with Gasteiger partial charge in [-0.25, -0.2) is 0 Å². The first-order valence-electron chi connectivity index (χ1n) is 6.53. The third-order valence-electron chi connectivity index (χ3n) is 3.49. The molecule has 1 aromatic heterocycles. The van der Waals surface area contributed by atoms with Crippen LogP contribution in [0.1, 0.15) is 30.5 Å². The van der Waals surface area contributed by atoms with Crippen molar-refractivity contribution in [3.63, 3.8) is 0 Å². The van der Waals surface area contributed by atoms with Crippen LogP contribution in [0.15, 0.2) is 18.3 Å². The Morgan fingerprint density at radius 2 is 2.33 bits per heavy atom. The van der Waals surface area contributed by atoms with E-state index >= 15 is 0 Å². The molecule has 18 heavy (non-hydrogen) atoms. The molecule has 1 fully saturated rings. The SMILES string of the molecule is Cc1cccnc1CC(=O)N1CCC[C@@H](O)CC1. The van der Waals surface area contributed by atoms with Gasteiger partial charge in [-0.2, -0.15) is 0 Å². The zero-order valence-electron chi connectivity index (χ0n) is 10.8. The number of aromatic nitrogens is 1. The van der Waals surface area contributed by atoms with Gasteiger partial charge in [-0.15, -0.1) is 0 Å². The average Bonchev–Trinajstić information content (AvgIpc) is 2.57. The van der Waals surface area contributed by atoms with Gasteiger partial charge in [0.2, 0.25) is 5.91 Å². The van der Waals surface area contributed by atoms with E-state index in [0.717, 1.165) is 30.6 Å². The highest BCUT2D eigenvalue weighted by atomic mass is 16.3. The number of carbonyl (C=O) groups is 1. The van der Waals surface area contributed by atoms with E-state index in [4.69, 9.17) is 0 Å². The van der Waals surface area contributed by atoms with Gasteiger partial charge in [0.15, 0.2) is 0 Å². The Morgan fingerprint density at radius 1 is 1.50 bits per heavy atom. The predicted molar refractivity (Wildman–Crippen MR) is 69.1 cm³/mol. The molecule has 0 spiro atoms. The lowest BCUT2D eigenvalue weighted by atomic mass is 10.1. The number of nitrogens with zero attached hydrogens (tertiary/aromatic N) is 2. The monoisotopic (exact) mass is 248 g/mol. The van der Waals surface area contributed by atoms with E-state index in [1.54, 1.807) is 6.20 Å². The summed E-state index contributed by atoms with van der Waals surface area (Å²) in [7, 11) is 0. The van der Waals surface area contributed by atoms with Crippen LogP contribution in [-0.4, -0.2) is 40.1 Å². The molecule has 1 aliphatic heterocycles. The Kier molecular flexibility index (Phi) is 4.31. The molecule has 2 rings (SSSR count). The summed E-state index contributed by atoms with van der Waals surface area (Å²) in [6.45, 7) is 3.38. The molecule has 1 amide bonds. The molecular weight excluding hydrogens is 228 g/mol. The van der Waals surface area contributed by atoms with Gasteiger partial charge in [-0.05, 0) is 37.8 Å². The minimum absolute atomic E-state index is 0.117. The quantitative estimate of drug-likeness (QED) is 0.858. The van der Waals surface area contributed by atoms with Crippen molar-refractivity contribution in [3.8, 4) is 0 Å². The number of rotatable bonds is 2. The second-order valence-electron chi connectivity index (χ2n) is 4.91. The Bertz CT molecular complexity index is 420. The van der Waals surface area contributed by atoms with Gasteiger partial charge in [-0.1, -0.05) is 6.07 Å². The minimum atomic E-state index is -0.251. The third kappa shape index (κ3) is 3.29. The number of hydrogen-bond donors (Lipinski definition) is 1. The van der Waals surface area contributed by atoms with Gasteiger partial charge < -0.3 is 10.0 Å². The summed E-state index contributed by atoms with van der Waals surface area (Å²) in [5.74, 6) is 0.117. The minimum Gasteiger partial charge on any atom is -0.393 e. The van der Waals surface area contributed by atoms with Gasteiger partial charge in [0.05, 0.1) is 18.2 Å². The van der Waals surface area contributed by atoms with Crippen LogP contribution in [0.25, 0.3) is 0 Å². The second kappa shape index (κ2) is 5.96. The van der Waals surface area contributed by atoms with Crippen LogP contribution < -0.4 is 0 Å². The predicted octanol–water partition coefficient (Wildman–Crippen LogP) is 1.31. The maximum atomic E-state index is 12.2. The second-order valence-corrected chi connectivity index (χ2v) is 4.91. The molecule has 1 aliphatic rings. The maximum Gasteiger partial charge on any atom is 0.228 e. The van der Waals surface area contributed by atoms with Crippen LogP contribution in [0.3, 0.4) is 0 Å². The number of aliphatic hydroxyl groups excluding tert-OH is 1. The smallest absolute Gasteiger partial charge is 0.228 e.